The summed E-state index contributed by atoms with van der Waals surface area (Å²) in [7, 11) is 0. The zero-order valence-corrected chi connectivity index (χ0v) is 10.8. The quantitative estimate of drug-likeness (QED) is 0.827. The van der Waals surface area contributed by atoms with Crippen LogP contribution in [0.3, 0.4) is 0 Å². The second-order valence-corrected chi connectivity index (χ2v) is 4.75. The van der Waals surface area contributed by atoms with E-state index in [9.17, 15) is 4.79 Å². The van der Waals surface area contributed by atoms with Gasteiger partial charge < -0.3 is 14.8 Å². The van der Waals surface area contributed by atoms with Gasteiger partial charge in [0.1, 0.15) is 5.00 Å². The summed E-state index contributed by atoms with van der Waals surface area (Å²) in [6.07, 6.45) is 0.0472. The number of anilines is 1. The minimum Gasteiger partial charge on any atom is -0.376 e. The third kappa shape index (κ3) is 3.02. The minimum absolute atomic E-state index is 0.0413. The first-order chi connectivity index (χ1) is 8.18. The fourth-order valence-electron chi connectivity index (χ4n) is 1.77. The number of aromatic nitrogens is 1. The standard InChI is InChI=1S/C11H16N2O3S/c1-7-10(8(2)14)11(17-13-7)12-5-9-6-15-3-4-16-9/h9,12H,3-6H2,1-2H3. The molecule has 0 amide bonds. The molecule has 2 rings (SSSR count). The molecule has 1 fully saturated rings. The van der Waals surface area contributed by atoms with E-state index >= 15 is 0 Å². The highest BCUT2D eigenvalue weighted by atomic mass is 32.1. The molecule has 1 aromatic rings. The predicted molar refractivity (Wildman–Crippen MR) is 65.9 cm³/mol. The molecule has 1 aliphatic heterocycles. The van der Waals surface area contributed by atoms with Crippen molar-refractivity contribution in [2.45, 2.75) is 20.0 Å². The van der Waals surface area contributed by atoms with Gasteiger partial charge in [-0.3, -0.25) is 4.79 Å². The van der Waals surface area contributed by atoms with Crippen molar-refractivity contribution in [3.63, 3.8) is 0 Å². The Bertz CT molecular complexity index is 399. The zero-order chi connectivity index (χ0) is 12.3. The van der Waals surface area contributed by atoms with Crippen molar-refractivity contribution in [1.82, 2.24) is 4.37 Å². The summed E-state index contributed by atoms with van der Waals surface area (Å²) in [6, 6.07) is 0. The van der Waals surface area contributed by atoms with E-state index in [1.165, 1.54) is 11.5 Å². The molecule has 17 heavy (non-hydrogen) atoms. The molecule has 0 radical (unpaired) electrons. The SMILES string of the molecule is CC(=O)c1c(C)nsc1NCC1COCCO1. The average molecular weight is 256 g/mol. The number of carbonyl (C=O) groups is 1. The molecule has 1 atom stereocenters. The minimum atomic E-state index is 0.0413. The number of Topliss-reactive ketones (excluding diaryl/α,β-unsaturated/α-hetero) is 1. The van der Waals surface area contributed by atoms with Crippen molar-refractivity contribution in [3.8, 4) is 0 Å². The number of ether oxygens (including phenoxy) is 2. The molecule has 94 valence electrons. The second kappa shape index (κ2) is 5.57. The number of aryl methyl sites for hydroxylation is 1. The summed E-state index contributed by atoms with van der Waals surface area (Å²) in [4.78, 5) is 11.5. The predicted octanol–water partition coefficient (Wildman–Crippen LogP) is 1.48. The van der Waals surface area contributed by atoms with Crippen molar-refractivity contribution in [2.75, 3.05) is 31.7 Å². The van der Waals surface area contributed by atoms with Crippen molar-refractivity contribution >= 4 is 22.3 Å². The number of nitrogens with one attached hydrogen (secondary N) is 1. The van der Waals surface area contributed by atoms with Crippen LogP contribution in [0.4, 0.5) is 5.00 Å². The lowest BCUT2D eigenvalue weighted by molar-refractivity contribution is -0.0818. The molecular weight excluding hydrogens is 240 g/mol. The number of hydrogen-bond acceptors (Lipinski definition) is 6. The highest BCUT2D eigenvalue weighted by Crippen LogP contribution is 2.24. The van der Waals surface area contributed by atoms with Gasteiger partial charge in [-0.2, -0.15) is 4.37 Å². The summed E-state index contributed by atoms with van der Waals surface area (Å²) >= 11 is 1.31. The first kappa shape index (κ1) is 12.5. The van der Waals surface area contributed by atoms with Crippen LogP contribution in [-0.4, -0.2) is 42.6 Å². The third-order valence-corrected chi connectivity index (χ3v) is 3.49. The van der Waals surface area contributed by atoms with Gasteiger partial charge in [-0.15, -0.1) is 0 Å². The van der Waals surface area contributed by atoms with Gasteiger partial charge in [0.2, 0.25) is 0 Å². The van der Waals surface area contributed by atoms with Crippen LogP contribution in [0.15, 0.2) is 0 Å². The van der Waals surface area contributed by atoms with Crippen LogP contribution in [0.5, 0.6) is 0 Å². The first-order valence-electron chi connectivity index (χ1n) is 5.59. The Labute approximate surface area is 104 Å². The third-order valence-electron chi connectivity index (χ3n) is 2.59. The number of carbonyl (C=O) groups excluding carboxylic acids is 1. The van der Waals surface area contributed by atoms with E-state index in [0.29, 0.717) is 31.9 Å². The van der Waals surface area contributed by atoms with E-state index in [1.54, 1.807) is 6.92 Å². The van der Waals surface area contributed by atoms with Gasteiger partial charge in [0.05, 0.1) is 37.2 Å². The molecule has 0 spiro atoms. The van der Waals surface area contributed by atoms with E-state index in [0.717, 1.165) is 10.7 Å². The van der Waals surface area contributed by atoms with Gasteiger partial charge in [-0.1, -0.05) is 0 Å². The number of rotatable bonds is 4. The lowest BCUT2D eigenvalue weighted by Crippen LogP contribution is -2.34. The number of hydrogen-bond donors (Lipinski definition) is 1. The lowest BCUT2D eigenvalue weighted by atomic mass is 10.2. The van der Waals surface area contributed by atoms with Crippen LogP contribution >= 0.6 is 11.5 Å². The summed E-state index contributed by atoms with van der Waals surface area (Å²) in [5, 5.41) is 4.04. The molecule has 0 aliphatic carbocycles. The Morgan fingerprint density at radius 3 is 3.06 bits per heavy atom. The van der Waals surface area contributed by atoms with Crippen LogP contribution in [0.25, 0.3) is 0 Å². The van der Waals surface area contributed by atoms with E-state index in [1.807, 2.05) is 6.92 Å². The lowest BCUT2D eigenvalue weighted by Gasteiger charge is -2.23. The Kier molecular flexibility index (Phi) is 4.09. The molecule has 1 N–H and O–H groups in total. The molecule has 1 unspecified atom stereocenters. The molecule has 0 saturated carbocycles. The second-order valence-electron chi connectivity index (χ2n) is 3.98. The van der Waals surface area contributed by atoms with Crippen molar-refractivity contribution in [1.29, 1.82) is 0 Å². The normalized spacial score (nSPS) is 20.2. The van der Waals surface area contributed by atoms with Gasteiger partial charge >= 0.3 is 0 Å². The maximum atomic E-state index is 11.5. The Hall–Kier alpha value is -0.980. The molecule has 1 aliphatic rings. The summed E-state index contributed by atoms with van der Waals surface area (Å²) in [5.74, 6) is 0.0413. The largest absolute Gasteiger partial charge is 0.376 e. The van der Waals surface area contributed by atoms with Gasteiger partial charge in [0, 0.05) is 6.54 Å². The monoisotopic (exact) mass is 256 g/mol. The zero-order valence-electron chi connectivity index (χ0n) is 9.99. The molecule has 1 saturated heterocycles. The molecule has 0 bridgehead atoms. The summed E-state index contributed by atoms with van der Waals surface area (Å²) < 4.78 is 15.0. The Balaban J connectivity index is 1.96. The molecule has 1 aromatic heterocycles. The highest BCUT2D eigenvalue weighted by Gasteiger charge is 2.18. The van der Waals surface area contributed by atoms with Crippen LogP contribution in [0, 0.1) is 6.92 Å². The average Bonchev–Trinajstić information content (AvgIpc) is 2.69. The summed E-state index contributed by atoms with van der Waals surface area (Å²) in [6.45, 7) is 5.94. The van der Waals surface area contributed by atoms with E-state index < -0.39 is 0 Å². The van der Waals surface area contributed by atoms with E-state index in [2.05, 4.69) is 9.69 Å². The Morgan fingerprint density at radius 1 is 1.59 bits per heavy atom. The van der Waals surface area contributed by atoms with Crippen LogP contribution in [0.1, 0.15) is 23.0 Å². The number of ketones is 1. The van der Waals surface area contributed by atoms with E-state index in [-0.39, 0.29) is 11.9 Å². The van der Waals surface area contributed by atoms with Crippen LogP contribution in [-0.2, 0) is 9.47 Å². The maximum absolute atomic E-state index is 11.5. The molecule has 5 nitrogen and oxygen atoms in total. The van der Waals surface area contributed by atoms with Gasteiger partial charge in [0.25, 0.3) is 0 Å². The fourth-order valence-corrected chi connectivity index (χ4v) is 2.62. The van der Waals surface area contributed by atoms with Gasteiger partial charge in [-0.25, -0.2) is 0 Å². The fraction of sp³-hybridized carbons (Fsp3) is 0.636. The molecule has 6 heteroatoms. The molecule has 2 heterocycles. The van der Waals surface area contributed by atoms with Gasteiger partial charge in [-0.05, 0) is 25.4 Å². The molecule has 0 aromatic carbocycles. The maximum Gasteiger partial charge on any atom is 0.164 e. The number of nitrogens with zero attached hydrogens (tertiary/aromatic N) is 1. The topological polar surface area (TPSA) is 60.5 Å². The summed E-state index contributed by atoms with van der Waals surface area (Å²) in [5.41, 5.74) is 1.47. The Morgan fingerprint density at radius 2 is 2.41 bits per heavy atom. The van der Waals surface area contributed by atoms with Gasteiger partial charge in [0.15, 0.2) is 5.78 Å². The van der Waals surface area contributed by atoms with Crippen LogP contribution in [0.2, 0.25) is 0 Å². The van der Waals surface area contributed by atoms with Crippen molar-refractivity contribution in [2.24, 2.45) is 0 Å². The molecular formula is C11H16N2O3S. The highest BCUT2D eigenvalue weighted by molar-refractivity contribution is 7.10. The van der Waals surface area contributed by atoms with Crippen molar-refractivity contribution < 1.29 is 14.3 Å². The van der Waals surface area contributed by atoms with Crippen LogP contribution < -0.4 is 5.32 Å². The van der Waals surface area contributed by atoms with Crippen molar-refractivity contribution in [3.05, 3.63) is 11.3 Å². The smallest absolute Gasteiger partial charge is 0.164 e. The first-order valence-corrected chi connectivity index (χ1v) is 6.36. The van der Waals surface area contributed by atoms with E-state index in [4.69, 9.17) is 9.47 Å².